The molecule has 0 saturated carbocycles. The number of likely N-dealkylation sites (N-methyl/N-ethyl adjacent to an activating group) is 1. The smallest absolute Gasteiger partial charge is 0.251 e. The maximum absolute atomic E-state index is 13.1. The summed E-state index contributed by atoms with van der Waals surface area (Å²) < 4.78 is 18.7. The largest absolute Gasteiger partial charge is 0.461 e. The van der Waals surface area contributed by atoms with Crippen molar-refractivity contribution >= 4 is 16.9 Å². The molecule has 0 fully saturated rings. The number of hydrogen-bond donors (Lipinski definition) is 1. The van der Waals surface area contributed by atoms with Crippen LogP contribution in [0.2, 0.25) is 0 Å². The molecule has 0 saturated heterocycles. The second-order valence-corrected chi connectivity index (χ2v) is 6.35. The van der Waals surface area contributed by atoms with Gasteiger partial charge in [-0.15, -0.1) is 0 Å². The minimum absolute atomic E-state index is 0.0375. The molecule has 1 unspecified atom stereocenters. The van der Waals surface area contributed by atoms with Crippen molar-refractivity contribution in [2.45, 2.75) is 13.0 Å². The van der Waals surface area contributed by atoms with Crippen LogP contribution in [0.3, 0.4) is 0 Å². The third-order valence-corrected chi connectivity index (χ3v) is 4.24. The molecule has 5 heteroatoms. The molecule has 1 aromatic heterocycles. The molecule has 3 rings (SSSR count). The van der Waals surface area contributed by atoms with Gasteiger partial charge in [0.1, 0.15) is 17.2 Å². The summed E-state index contributed by atoms with van der Waals surface area (Å²) in [4.78, 5) is 14.5. The highest BCUT2D eigenvalue weighted by molar-refractivity contribution is 5.97. The van der Waals surface area contributed by atoms with Crippen LogP contribution in [-0.4, -0.2) is 31.4 Å². The van der Waals surface area contributed by atoms with Crippen LogP contribution < -0.4 is 5.32 Å². The Hall–Kier alpha value is -2.66. The van der Waals surface area contributed by atoms with Crippen molar-refractivity contribution in [3.8, 4) is 0 Å². The predicted octanol–water partition coefficient (Wildman–Crippen LogP) is 3.91. The predicted molar refractivity (Wildman–Crippen MR) is 96.1 cm³/mol. The fourth-order valence-electron chi connectivity index (χ4n) is 2.89. The van der Waals surface area contributed by atoms with E-state index in [0.717, 1.165) is 22.3 Å². The average molecular weight is 340 g/mol. The van der Waals surface area contributed by atoms with Crippen LogP contribution in [0, 0.1) is 12.7 Å². The lowest BCUT2D eigenvalue weighted by atomic mass is 10.1. The fourth-order valence-corrected chi connectivity index (χ4v) is 2.89. The molecule has 1 N–H and O–H groups in total. The fraction of sp³-hybridized carbons (Fsp3) is 0.250. The molecule has 25 heavy (non-hydrogen) atoms. The van der Waals surface area contributed by atoms with Crippen LogP contribution in [-0.2, 0) is 0 Å². The van der Waals surface area contributed by atoms with E-state index in [1.54, 1.807) is 24.3 Å². The van der Waals surface area contributed by atoms with Crippen LogP contribution in [0.4, 0.5) is 4.39 Å². The van der Waals surface area contributed by atoms with Gasteiger partial charge in [0.25, 0.3) is 5.91 Å². The Labute approximate surface area is 146 Å². The van der Waals surface area contributed by atoms with E-state index in [2.05, 4.69) is 5.32 Å². The molecule has 0 radical (unpaired) electrons. The van der Waals surface area contributed by atoms with Crippen molar-refractivity contribution in [2.75, 3.05) is 20.6 Å². The number of amides is 1. The van der Waals surface area contributed by atoms with Crippen molar-refractivity contribution < 1.29 is 13.6 Å². The molecular weight excluding hydrogens is 319 g/mol. The van der Waals surface area contributed by atoms with Crippen molar-refractivity contribution in [1.82, 2.24) is 10.2 Å². The maximum Gasteiger partial charge on any atom is 0.251 e. The van der Waals surface area contributed by atoms with Gasteiger partial charge in [0.15, 0.2) is 0 Å². The zero-order valence-electron chi connectivity index (χ0n) is 14.5. The normalized spacial score (nSPS) is 12.5. The SMILES string of the molecule is Cc1cc2cc(C(=O)NCC(c3ccc(F)cc3)N(C)C)ccc2o1. The topological polar surface area (TPSA) is 45.5 Å². The summed E-state index contributed by atoms with van der Waals surface area (Å²) in [5.41, 5.74) is 2.31. The van der Waals surface area contributed by atoms with E-state index in [1.165, 1.54) is 12.1 Å². The third-order valence-electron chi connectivity index (χ3n) is 4.24. The number of carbonyl (C=O) groups excluding carboxylic acids is 1. The average Bonchev–Trinajstić information content (AvgIpc) is 2.95. The van der Waals surface area contributed by atoms with E-state index in [-0.39, 0.29) is 17.8 Å². The maximum atomic E-state index is 13.1. The first-order valence-corrected chi connectivity index (χ1v) is 8.14. The van der Waals surface area contributed by atoms with E-state index in [9.17, 15) is 9.18 Å². The Bertz CT molecular complexity index is 884. The summed E-state index contributed by atoms with van der Waals surface area (Å²) in [6.07, 6.45) is 0. The Kier molecular flexibility index (Phi) is 4.86. The molecule has 2 aromatic carbocycles. The zero-order valence-corrected chi connectivity index (χ0v) is 14.5. The minimum Gasteiger partial charge on any atom is -0.461 e. The number of hydrogen-bond acceptors (Lipinski definition) is 3. The minimum atomic E-state index is -0.269. The number of carbonyl (C=O) groups is 1. The second kappa shape index (κ2) is 7.07. The molecule has 1 amide bonds. The monoisotopic (exact) mass is 340 g/mol. The Morgan fingerprint density at radius 3 is 2.56 bits per heavy atom. The second-order valence-electron chi connectivity index (χ2n) is 6.35. The number of benzene rings is 2. The first-order valence-electron chi connectivity index (χ1n) is 8.14. The van der Waals surface area contributed by atoms with Crippen LogP contribution in [0.1, 0.15) is 27.7 Å². The molecule has 1 heterocycles. The van der Waals surface area contributed by atoms with Crippen molar-refractivity contribution in [3.63, 3.8) is 0 Å². The van der Waals surface area contributed by atoms with Gasteiger partial charge in [-0.1, -0.05) is 12.1 Å². The highest BCUT2D eigenvalue weighted by atomic mass is 19.1. The number of halogens is 1. The van der Waals surface area contributed by atoms with E-state index in [1.807, 2.05) is 38.1 Å². The van der Waals surface area contributed by atoms with Crippen LogP contribution in [0.5, 0.6) is 0 Å². The molecule has 0 aliphatic carbocycles. The summed E-state index contributed by atoms with van der Waals surface area (Å²) in [5, 5.41) is 3.87. The van der Waals surface area contributed by atoms with Crippen molar-refractivity contribution in [1.29, 1.82) is 0 Å². The summed E-state index contributed by atoms with van der Waals surface area (Å²) in [5.74, 6) is 0.403. The van der Waals surface area contributed by atoms with Crippen LogP contribution in [0.25, 0.3) is 11.0 Å². The Balaban J connectivity index is 1.73. The quantitative estimate of drug-likeness (QED) is 0.766. The molecule has 0 spiro atoms. The Morgan fingerprint density at radius 1 is 1.16 bits per heavy atom. The summed E-state index contributed by atoms with van der Waals surface area (Å²) in [6.45, 7) is 2.31. The standard InChI is InChI=1S/C20H21FN2O2/c1-13-10-16-11-15(6-9-19(16)25-13)20(24)22-12-18(23(2)3)14-4-7-17(21)8-5-14/h4-11,18H,12H2,1-3H3,(H,22,24). The third kappa shape index (κ3) is 3.88. The van der Waals surface area contributed by atoms with Crippen LogP contribution >= 0.6 is 0 Å². The van der Waals surface area contributed by atoms with Gasteiger partial charge in [-0.25, -0.2) is 4.39 Å². The molecule has 1 atom stereocenters. The first-order chi connectivity index (χ1) is 11.9. The van der Waals surface area contributed by atoms with Gasteiger partial charge in [-0.3, -0.25) is 4.79 Å². The van der Waals surface area contributed by atoms with Gasteiger partial charge in [0, 0.05) is 17.5 Å². The Morgan fingerprint density at radius 2 is 1.88 bits per heavy atom. The molecule has 0 bridgehead atoms. The van der Waals surface area contributed by atoms with Gasteiger partial charge in [0.05, 0.1) is 6.04 Å². The highest BCUT2D eigenvalue weighted by Crippen LogP contribution is 2.21. The van der Waals surface area contributed by atoms with Gasteiger partial charge in [-0.2, -0.15) is 0 Å². The van der Waals surface area contributed by atoms with Gasteiger partial charge in [0.2, 0.25) is 0 Å². The molecule has 130 valence electrons. The molecule has 0 aliphatic rings. The summed E-state index contributed by atoms with van der Waals surface area (Å²) in [6, 6.07) is 13.6. The summed E-state index contributed by atoms with van der Waals surface area (Å²) in [7, 11) is 3.86. The first kappa shape index (κ1) is 17.2. The van der Waals surface area contributed by atoms with Gasteiger partial charge in [-0.05, 0) is 63.0 Å². The lowest BCUT2D eigenvalue weighted by molar-refractivity contribution is 0.0942. The van der Waals surface area contributed by atoms with E-state index >= 15 is 0 Å². The summed E-state index contributed by atoms with van der Waals surface area (Å²) >= 11 is 0. The van der Waals surface area contributed by atoms with E-state index in [0.29, 0.717) is 12.1 Å². The molecule has 0 aliphatic heterocycles. The zero-order chi connectivity index (χ0) is 18.0. The molecule has 4 nitrogen and oxygen atoms in total. The highest BCUT2D eigenvalue weighted by Gasteiger charge is 2.16. The number of fused-ring (bicyclic) bond motifs is 1. The number of rotatable bonds is 5. The number of aryl methyl sites for hydroxylation is 1. The number of furan rings is 1. The van der Waals surface area contributed by atoms with Gasteiger partial charge < -0.3 is 14.6 Å². The molecular formula is C20H21FN2O2. The van der Waals surface area contributed by atoms with Crippen molar-refractivity contribution in [3.05, 3.63) is 71.2 Å². The van der Waals surface area contributed by atoms with Crippen molar-refractivity contribution in [2.24, 2.45) is 0 Å². The lowest BCUT2D eigenvalue weighted by Crippen LogP contribution is -2.34. The number of nitrogens with zero attached hydrogens (tertiary/aromatic N) is 1. The van der Waals surface area contributed by atoms with Gasteiger partial charge >= 0.3 is 0 Å². The van der Waals surface area contributed by atoms with E-state index in [4.69, 9.17) is 4.42 Å². The molecule has 3 aromatic rings. The van der Waals surface area contributed by atoms with Crippen LogP contribution in [0.15, 0.2) is 52.9 Å². The number of nitrogens with one attached hydrogen (secondary N) is 1. The lowest BCUT2D eigenvalue weighted by Gasteiger charge is -2.25. The van der Waals surface area contributed by atoms with E-state index < -0.39 is 0 Å².